The third kappa shape index (κ3) is 2.97. The van der Waals surface area contributed by atoms with Crippen LogP contribution in [0.4, 0.5) is 11.4 Å². The Labute approximate surface area is 134 Å². The topological polar surface area (TPSA) is 66.0 Å². The van der Waals surface area contributed by atoms with E-state index in [0.29, 0.717) is 13.2 Å². The number of hydrogen-bond acceptors (Lipinski definition) is 5. The quantitative estimate of drug-likeness (QED) is 0.715. The Balaban J connectivity index is 0.00000147. The van der Waals surface area contributed by atoms with Gasteiger partial charge >= 0.3 is 0 Å². The van der Waals surface area contributed by atoms with Gasteiger partial charge in [-0.25, -0.2) is 0 Å². The smallest absolute Gasteiger partial charge is 0.224 e. The summed E-state index contributed by atoms with van der Waals surface area (Å²) in [7, 11) is 0. The third-order valence-corrected chi connectivity index (χ3v) is 3.14. The fourth-order valence-corrected chi connectivity index (χ4v) is 2.24. The number of halogens is 1. The molecule has 2 heterocycles. The first kappa shape index (κ1) is 14.9. The zero-order valence-corrected chi connectivity index (χ0v) is 13.5. The number of hydrogen-bond donors (Lipinski definition) is 2. The summed E-state index contributed by atoms with van der Waals surface area (Å²) in [6.45, 7) is 4.34. The molecular weight excluding hydrogens is 371 g/mol. The van der Waals surface area contributed by atoms with E-state index in [1.54, 1.807) is 11.8 Å². The average molecular weight is 388 g/mol. The molecule has 0 aliphatic carbocycles. The lowest BCUT2D eigenvalue weighted by Crippen LogP contribution is -2.36. The van der Waals surface area contributed by atoms with Crippen molar-refractivity contribution in [3.63, 3.8) is 0 Å². The number of ether oxygens (including phenoxy) is 1. The van der Waals surface area contributed by atoms with E-state index in [2.05, 4.69) is 15.6 Å². The second-order valence-electron chi connectivity index (χ2n) is 4.48. The van der Waals surface area contributed by atoms with Crippen LogP contribution >= 0.6 is 24.0 Å². The number of carbonyl (C=O) groups is 1. The van der Waals surface area contributed by atoms with Gasteiger partial charge in [0.25, 0.3) is 0 Å². The average Bonchev–Trinajstić information content (AvgIpc) is 2.90. The first-order chi connectivity index (χ1) is 9.24. The van der Waals surface area contributed by atoms with Crippen molar-refractivity contribution in [3.8, 4) is 5.75 Å². The van der Waals surface area contributed by atoms with Crippen molar-refractivity contribution in [2.24, 2.45) is 4.99 Å². The van der Waals surface area contributed by atoms with Crippen LogP contribution in [0, 0.1) is 0 Å². The highest BCUT2D eigenvalue weighted by Gasteiger charge is 2.21. The summed E-state index contributed by atoms with van der Waals surface area (Å²) in [5, 5.41) is 6.34. The number of amides is 1. The highest BCUT2D eigenvalue weighted by molar-refractivity contribution is 14.0. The number of benzene rings is 1. The van der Waals surface area contributed by atoms with Crippen molar-refractivity contribution in [2.45, 2.75) is 6.92 Å². The van der Waals surface area contributed by atoms with E-state index in [0.717, 1.165) is 36.2 Å². The van der Waals surface area contributed by atoms with Gasteiger partial charge in [-0.2, -0.15) is 0 Å². The molecule has 0 radical (unpaired) electrons. The van der Waals surface area contributed by atoms with Crippen LogP contribution in [0.15, 0.2) is 23.2 Å². The molecule has 108 valence electrons. The van der Waals surface area contributed by atoms with Crippen molar-refractivity contribution in [1.82, 2.24) is 5.32 Å². The number of carbonyl (C=O) groups excluding carboxylic acids is 1. The number of guanidine groups is 1. The zero-order valence-electron chi connectivity index (χ0n) is 11.2. The molecule has 2 aliphatic heterocycles. The van der Waals surface area contributed by atoms with Gasteiger partial charge in [0, 0.05) is 19.2 Å². The van der Waals surface area contributed by atoms with Gasteiger partial charge in [-0.15, -0.1) is 24.0 Å². The lowest BCUT2D eigenvalue weighted by Gasteiger charge is -2.29. The molecule has 1 amide bonds. The highest BCUT2D eigenvalue weighted by atomic mass is 127. The second kappa shape index (κ2) is 6.29. The van der Waals surface area contributed by atoms with Crippen LogP contribution in [-0.2, 0) is 4.79 Å². The summed E-state index contributed by atoms with van der Waals surface area (Å²) in [5.41, 5.74) is 1.70. The van der Waals surface area contributed by atoms with Crippen LogP contribution in [0.2, 0.25) is 0 Å². The second-order valence-corrected chi connectivity index (χ2v) is 4.48. The van der Waals surface area contributed by atoms with Gasteiger partial charge < -0.3 is 20.3 Å². The van der Waals surface area contributed by atoms with Gasteiger partial charge in [0.2, 0.25) is 5.91 Å². The predicted octanol–water partition coefficient (Wildman–Crippen LogP) is 1.42. The summed E-state index contributed by atoms with van der Waals surface area (Å²) in [6, 6.07) is 5.71. The minimum atomic E-state index is 0. The minimum absolute atomic E-state index is 0. The van der Waals surface area contributed by atoms with Gasteiger partial charge in [-0.05, 0) is 18.2 Å². The first-order valence-electron chi connectivity index (χ1n) is 6.34. The van der Waals surface area contributed by atoms with Crippen LogP contribution in [0.3, 0.4) is 0 Å². The summed E-state index contributed by atoms with van der Waals surface area (Å²) < 4.78 is 5.56. The Morgan fingerprint density at radius 1 is 1.50 bits per heavy atom. The Morgan fingerprint density at radius 3 is 3.05 bits per heavy atom. The van der Waals surface area contributed by atoms with E-state index in [1.165, 1.54) is 0 Å². The molecule has 6 nitrogen and oxygen atoms in total. The molecule has 0 saturated heterocycles. The van der Waals surface area contributed by atoms with E-state index in [1.807, 2.05) is 18.2 Å². The molecule has 0 spiro atoms. The SMILES string of the molecule is CC(=O)N1CCOc2ccc(NC3=NCCN3)cc21.I. The molecule has 0 unspecified atom stereocenters. The molecule has 0 fully saturated rings. The Hall–Kier alpha value is -1.51. The molecule has 1 aromatic rings. The number of fused-ring (bicyclic) bond motifs is 1. The Bertz CT molecular complexity index is 547. The monoisotopic (exact) mass is 388 g/mol. The molecule has 7 heteroatoms. The highest BCUT2D eigenvalue weighted by Crippen LogP contribution is 2.34. The Morgan fingerprint density at radius 2 is 2.35 bits per heavy atom. The fourth-order valence-electron chi connectivity index (χ4n) is 2.24. The molecule has 2 N–H and O–H groups in total. The molecule has 0 atom stereocenters. The van der Waals surface area contributed by atoms with Crippen LogP contribution in [0.5, 0.6) is 5.75 Å². The summed E-state index contributed by atoms with van der Waals surface area (Å²) >= 11 is 0. The molecule has 20 heavy (non-hydrogen) atoms. The number of nitrogens with one attached hydrogen (secondary N) is 2. The lowest BCUT2D eigenvalue weighted by atomic mass is 10.2. The van der Waals surface area contributed by atoms with Gasteiger partial charge in [0.1, 0.15) is 12.4 Å². The fraction of sp³-hybridized carbons (Fsp3) is 0.385. The minimum Gasteiger partial charge on any atom is -0.490 e. The first-order valence-corrected chi connectivity index (χ1v) is 6.34. The van der Waals surface area contributed by atoms with Crippen LogP contribution < -0.4 is 20.3 Å². The van der Waals surface area contributed by atoms with Gasteiger partial charge in [-0.1, -0.05) is 0 Å². The van der Waals surface area contributed by atoms with Crippen LogP contribution in [0.25, 0.3) is 0 Å². The molecular formula is C13H17IN4O2. The molecule has 0 aromatic heterocycles. The maximum atomic E-state index is 11.6. The van der Waals surface area contributed by atoms with Crippen molar-refractivity contribution >= 4 is 47.2 Å². The normalized spacial score (nSPS) is 16.2. The maximum absolute atomic E-state index is 11.6. The molecule has 0 bridgehead atoms. The van der Waals surface area contributed by atoms with Gasteiger partial charge in [0.05, 0.1) is 18.8 Å². The van der Waals surface area contributed by atoms with E-state index < -0.39 is 0 Å². The molecule has 2 aliphatic rings. The zero-order chi connectivity index (χ0) is 13.2. The largest absolute Gasteiger partial charge is 0.490 e. The maximum Gasteiger partial charge on any atom is 0.224 e. The van der Waals surface area contributed by atoms with E-state index in [-0.39, 0.29) is 29.9 Å². The van der Waals surface area contributed by atoms with Gasteiger partial charge in [0.15, 0.2) is 5.96 Å². The van der Waals surface area contributed by atoms with E-state index in [4.69, 9.17) is 4.74 Å². The van der Waals surface area contributed by atoms with Crippen LogP contribution in [0.1, 0.15) is 6.92 Å². The number of aliphatic imine (C=N–C) groups is 1. The third-order valence-electron chi connectivity index (χ3n) is 3.14. The number of nitrogens with zero attached hydrogens (tertiary/aromatic N) is 2. The standard InChI is InChI=1S/C13H16N4O2.HI/c1-9(18)17-6-7-19-12-3-2-10(8-11(12)17)16-13-14-4-5-15-13;/h2-3,8H,4-7H2,1H3,(H2,14,15,16);1H. The van der Waals surface area contributed by atoms with Crippen molar-refractivity contribution in [1.29, 1.82) is 0 Å². The van der Waals surface area contributed by atoms with Crippen LogP contribution in [-0.4, -0.2) is 38.1 Å². The van der Waals surface area contributed by atoms with E-state index >= 15 is 0 Å². The van der Waals surface area contributed by atoms with Crippen molar-refractivity contribution < 1.29 is 9.53 Å². The summed E-state index contributed by atoms with van der Waals surface area (Å²) in [4.78, 5) is 17.6. The van der Waals surface area contributed by atoms with E-state index in [9.17, 15) is 4.79 Å². The molecule has 0 saturated carbocycles. The van der Waals surface area contributed by atoms with Crippen molar-refractivity contribution in [2.75, 3.05) is 36.5 Å². The number of anilines is 2. The predicted molar refractivity (Wildman–Crippen MR) is 89.3 cm³/mol. The summed E-state index contributed by atoms with van der Waals surface area (Å²) in [6.07, 6.45) is 0. The Kier molecular flexibility index (Phi) is 4.69. The molecule has 3 rings (SSSR count). The lowest BCUT2D eigenvalue weighted by molar-refractivity contribution is -0.116. The van der Waals surface area contributed by atoms with Crippen molar-refractivity contribution in [3.05, 3.63) is 18.2 Å². The number of rotatable bonds is 1. The van der Waals surface area contributed by atoms with Gasteiger partial charge in [-0.3, -0.25) is 9.79 Å². The molecule has 1 aromatic carbocycles. The summed E-state index contributed by atoms with van der Waals surface area (Å²) in [5.74, 6) is 1.54.